The minimum atomic E-state index is -0.518. The van der Waals surface area contributed by atoms with Gasteiger partial charge in [-0.1, -0.05) is 0 Å². The number of nitro groups is 1. The fourth-order valence-corrected chi connectivity index (χ4v) is 1.79. The Balaban J connectivity index is 2.17. The van der Waals surface area contributed by atoms with E-state index in [0.29, 0.717) is 13.0 Å². The van der Waals surface area contributed by atoms with Crippen LogP contribution in [0, 0.1) is 10.1 Å². The van der Waals surface area contributed by atoms with Crippen LogP contribution in [0.2, 0.25) is 0 Å². The van der Waals surface area contributed by atoms with E-state index in [9.17, 15) is 14.9 Å². The Morgan fingerprint density at radius 3 is 3.12 bits per heavy atom. The summed E-state index contributed by atoms with van der Waals surface area (Å²) in [4.78, 5) is 21.8. The predicted molar refractivity (Wildman–Crippen MR) is 59.5 cm³/mol. The summed E-state index contributed by atoms with van der Waals surface area (Å²) in [6, 6.07) is -0.447. The molecule has 1 aliphatic heterocycles. The Morgan fingerprint density at radius 2 is 2.47 bits per heavy atom. The van der Waals surface area contributed by atoms with Crippen molar-refractivity contribution in [2.24, 2.45) is 7.05 Å². The molecule has 1 unspecified atom stereocenters. The molecule has 8 nitrogen and oxygen atoms in total. The zero-order chi connectivity index (χ0) is 12.4. The van der Waals surface area contributed by atoms with Crippen LogP contribution >= 0.6 is 0 Å². The van der Waals surface area contributed by atoms with Crippen molar-refractivity contribution >= 4 is 17.4 Å². The van der Waals surface area contributed by atoms with Crippen LogP contribution in [-0.4, -0.2) is 33.2 Å². The summed E-state index contributed by atoms with van der Waals surface area (Å²) >= 11 is 0. The van der Waals surface area contributed by atoms with Crippen LogP contribution in [0.25, 0.3) is 0 Å². The van der Waals surface area contributed by atoms with E-state index in [1.54, 1.807) is 7.05 Å². The molecule has 1 aromatic rings. The lowest BCUT2D eigenvalue weighted by Crippen LogP contribution is -2.44. The minimum absolute atomic E-state index is 0.120. The van der Waals surface area contributed by atoms with Gasteiger partial charge in [-0.2, -0.15) is 0 Å². The van der Waals surface area contributed by atoms with Crippen LogP contribution in [-0.2, 0) is 11.8 Å². The fourth-order valence-electron chi connectivity index (χ4n) is 1.79. The molecule has 92 valence electrons. The minimum Gasteiger partial charge on any atom is -0.354 e. The third kappa shape index (κ3) is 2.35. The number of hydrogen-bond donors (Lipinski definition) is 2. The molecule has 0 saturated carbocycles. The summed E-state index contributed by atoms with van der Waals surface area (Å²) in [5, 5.41) is 20.2. The second-order valence-electron chi connectivity index (χ2n) is 3.92. The van der Waals surface area contributed by atoms with Gasteiger partial charge in [-0.25, -0.2) is 0 Å². The first-order chi connectivity index (χ1) is 8.08. The smallest absolute Gasteiger partial charge is 0.330 e. The van der Waals surface area contributed by atoms with Crippen molar-refractivity contribution < 1.29 is 9.72 Å². The van der Waals surface area contributed by atoms with Gasteiger partial charge in [0, 0.05) is 13.6 Å². The van der Waals surface area contributed by atoms with Crippen LogP contribution in [0.5, 0.6) is 0 Å². The van der Waals surface area contributed by atoms with E-state index in [4.69, 9.17) is 0 Å². The highest BCUT2D eigenvalue weighted by atomic mass is 16.6. The maximum atomic E-state index is 11.5. The molecule has 0 aromatic carbocycles. The number of aromatic nitrogens is 2. The van der Waals surface area contributed by atoms with E-state index < -0.39 is 11.0 Å². The molecule has 0 aliphatic carbocycles. The first kappa shape index (κ1) is 11.4. The van der Waals surface area contributed by atoms with Gasteiger partial charge in [-0.3, -0.25) is 19.6 Å². The Morgan fingerprint density at radius 1 is 1.71 bits per heavy atom. The summed E-state index contributed by atoms with van der Waals surface area (Å²) in [6.07, 6.45) is 2.81. The second-order valence-corrected chi connectivity index (χ2v) is 3.92. The molecule has 0 bridgehead atoms. The highest BCUT2D eigenvalue weighted by Crippen LogP contribution is 2.23. The molecular formula is C9H13N5O3. The van der Waals surface area contributed by atoms with Gasteiger partial charge >= 0.3 is 5.69 Å². The number of amides is 1. The van der Waals surface area contributed by atoms with Gasteiger partial charge in [0.15, 0.2) is 0 Å². The van der Waals surface area contributed by atoms with Gasteiger partial charge < -0.3 is 10.6 Å². The molecule has 1 amide bonds. The number of anilines is 1. The van der Waals surface area contributed by atoms with Gasteiger partial charge in [-0.05, 0) is 12.8 Å². The van der Waals surface area contributed by atoms with Crippen molar-refractivity contribution in [3.63, 3.8) is 0 Å². The quantitative estimate of drug-likeness (QED) is 0.571. The van der Waals surface area contributed by atoms with Crippen molar-refractivity contribution in [3.05, 3.63) is 16.3 Å². The van der Waals surface area contributed by atoms with Gasteiger partial charge in [0.05, 0.1) is 4.92 Å². The van der Waals surface area contributed by atoms with Crippen molar-refractivity contribution in [2.45, 2.75) is 18.9 Å². The van der Waals surface area contributed by atoms with Crippen LogP contribution in [0.4, 0.5) is 11.5 Å². The Kier molecular flexibility index (Phi) is 2.94. The first-order valence-electron chi connectivity index (χ1n) is 5.30. The average molecular weight is 239 g/mol. The SMILES string of the molecule is Cn1cc([N+](=O)[O-])c(NC2CCCNC2=O)n1. The van der Waals surface area contributed by atoms with Crippen molar-refractivity contribution in [1.82, 2.24) is 15.1 Å². The standard InChI is InChI=1S/C9H13N5O3/c1-13-5-7(14(16)17)8(12-13)11-6-3-2-4-10-9(6)15/h5-6H,2-4H2,1H3,(H,10,15)(H,11,12). The highest BCUT2D eigenvalue weighted by molar-refractivity contribution is 5.85. The number of nitrogens with zero attached hydrogens (tertiary/aromatic N) is 3. The molecule has 1 aliphatic rings. The molecule has 0 radical (unpaired) electrons. The Labute approximate surface area is 97.1 Å². The predicted octanol–water partition coefficient (Wildman–Crippen LogP) is 0.0188. The van der Waals surface area contributed by atoms with E-state index in [2.05, 4.69) is 15.7 Å². The van der Waals surface area contributed by atoms with E-state index in [0.717, 1.165) is 6.42 Å². The van der Waals surface area contributed by atoms with E-state index in [-0.39, 0.29) is 17.4 Å². The number of aryl methyl sites for hydroxylation is 1. The molecule has 0 spiro atoms. The highest BCUT2D eigenvalue weighted by Gasteiger charge is 2.26. The fraction of sp³-hybridized carbons (Fsp3) is 0.556. The molecule has 2 heterocycles. The van der Waals surface area contributed by atoms with Crippen LogP contribution in [0.15, 0.2) is 6.20 Å². The maximum Gasteiger partial charge on any atom is 0.330 e. The summed E-state index contributed by atoms with van der Waals surface area (Å²) in [5.41, 5.74) is -0.120. The number of carbonyl (C=O) groups is 1. The summed E-state index contributed by atoms with van der Waals surface area (Å²) in [6.45, 7) is 0.654. The van der Waals surface area contributed by atoms with Crippen molar-refractivity contribution in [2.75, 3.05) is 11.9 Å². The lowest BCUT2D eigenvalue weighted by molar-refractivity contribution is -0.384. The van der Waals surface area contributed by atoms with Crippen LogP contribution in [0.1, 0.15) is 12.8 Å². The molecule has 1 aromatic heterocycles. The third-order valence-corrected chi connectivity index (χ3v) is 2.60. The summed E-state index contributed by atoms with van der Waals surface area (Å²) in [5.74, 6) is -0.00393. The van der Waals surface area contributed by atoms with Crippen molar-refractivity contribution in [1.29, 1.82) is 0 Å². The Hall–Kier alpha value is -2.12. The molecule has 2 rings (SSSR count). The largest absolute Gasteiger partial charge is 0.354 e. The van der Waals surface area contributed by atoms with Gasteiger partial charge in [0.1, 0.15) is 12.2 Å². The van der Waals surface area contributed by atoms with E-state index in [1.807, 2.05) is 0 Å². The van der Waals surface area contributed by atoms with Crippen LogP contribution in [0.3, 0.4) is 0 Å². The topological polar surface area (TPSA) is 102 Å². The lowest BCUT2D eigenvalue weighted by atomic mass is 10.1. The summed E-state index contributed by atoms with van der Waals surface area (Å²) < 4.78 is 1.35. The van der Waals surface area contributed by atoms with Gasteiger partial charge in [-0.15, -0.1) is 5.10 Å². The zero-order valence-electron chi connectivity index (χ0n) is 9.34. The number of carbonyl (C=O) groups excluding carboxylic acids is 1. The maximum absolute atomic E-state index is 11.5. The number of nitrogens with one attached hydrogen (secondary N) is 2. The lowest BCUT2D eigenvalue weighted by Gasteiger charge is -2.22. The molecular weight excluding hydrogens is 226 g/mol. The monoisotopic (exact) mass is 239 g/mol. The third-order valence-electron chi connectivity index (χ3n) is 2.60. The first-order valence-corrected chi connectivity index (χ1v) is 5.30. The summed E-state index contributed by atoms with van der Waals surface area (Å²) in [7, 11) is 1.60. The number of rotatable bonds is 3. The van der Waals surface area contributed by atoms with Crippen LogP contribution < -0.4 is 10.6 Å². The Bertz CT molecular complexity index is 455. The van der Waals surface area contributed by atoms with E-state index in [1.165, 1.54) is 10.9 Å². The van der Waals surface area contributed by atoms with Crippen molar-refractivity contribution in [3.8, 4) is 0 Å². The van der Waals surface area contributed by atoms with E-state index >= 15 is 0 Å². The zero-order valence-corrected chi connectivity index (χ0v) is 9.34. The molecule has 17 heavy (non-hydrogen) atoms. The van der Waals surface area contributed by atoms with Gasteiger partial charge in [0.2, 0.25) is 11.7 Å². The average Bonchev–Trinajstić information content (AvgIpc) is 2.63. The molecule has 2 N–H and O–H groups in total. The number of hydrogen-bond acceptors (Lipinski definition) is 5. The molecule has 1 fully saturated rings. The molecule has 1 saturated heterocycles. The molecule has 8 heteroatoms. The van der Waals surface area contributed by atoms with Gasteiger partial charge in [0.25, 0.3) is 0 Å². The number of piperidine rings is 1. The molecule has 1 atom stereocenters. The normalized spacial score (nSPS) is 19.8. The second kappa shape index (κ2) is 4.40.